The van der Waals surface area contributed by atoms with Crippen molar-refractivity contribution in [1.82, 2.24) is 15.3 Å². The third kappa shape index (κ3) is 4.16. The van der Waals surface area contributed by atoms with E-state index in [1.165, 1.54) is 0 Å². The molecule has 1 aromatic heterocycles. The van der Waals surface area contributed by atoms with E-state index in [-0.39, 0.29) is 18.4 Å². The molecule has 7 heteroatoms. The second-order valence-corrected chi connectivity index (χ2v) is 6.27. The largest absolute Gasteiger partial charge is 0.481 e. The summed E-state index contributed by atoms with van der Waals surface area (Å²) in [4.78, 5) is 33.6. The van der Waals surface area contributed by atoms with Crippen molar-refractivity contribution in [3.63, 3.8) is 0 Å². The van der Waals surface area contributed by atoms with E-state index in [1.807, 2.05) is 4.90 Å². The van der Waals surface area contributed by atoms with E-state index in [0.29, 0.717) is 12.5 Å². The standard InChI is InChI=1S/C15H22N4O3/c1-15(2,13(21)22)9-12(20)18-11-5-3-8-19(10-11)14-16-6-4-7-17-14/h4,6-7,11H,3,5,8-10H2,1-2H3,(H,18,20)(H,21,22). The Morgan fingerprint density at radius 3 is 2.73 bits per heavy atom. The van der Waals surface area contributed by atoms with Crippen LogP contribution in [0.25, 0.3) is 0 Å². The van der Waals surface area contributed by atoms with Crippen LogP contribution in [-0.2, 0) is 9.59 Å². The van der Waals surface area contributed by atoms with Crippen LogP contribution in [-0.4, -0.2) is 46.1 Å². The maximum absolute atomic E-state index is 12.1. The highest BCUT2D eigenvalue weighted by molar-refractivity contribution is 5.84. The second kappa shape index (κ2) is 6.72. The number of anilines is 1. The van der Waals surface area contributed by atoms with Gasteiger partial charge < -0.3 is 15.3 Å². The van der Waals surface area contributed by atoms with Crippen LogP contribution in [0.5, 0.6) is 0 Å². The van der Waals surface area contributed by atoms with Gasteiger partial charge in [0.1, 0.15) is 0 Å². The lowest BCUT2D eigenvalue weighted by Gasteiger charge is -2.33. The minimum atomic E-state index is -1.05. The number of carboxylic acids is 1. The summed E-state index contributed by atoms with van der Waals surface area (Å²) in [7, 11) is 0. The van der Waals surface area contributed by atoms with Gasteiger partial charge in [-0.15, -0.1) is 0 Å². The van der Waals surface area contributed by atoms with Crippen molar-refractivity contribution in [2.75, 3.05) is 18.0 Å². The number of aliphatic carboxylic acids is 1. The average Bonchev–Trinajstić information content (AvgIpc) is 2.47. The van der Waals surface area contributed by atoms with Crippen molar-refractivity contribution in [3.8, 4) is 0 Å². The molecule has 0 radical (unpaired) electrons. The first kappa shape index (κ1) is 16.2. The summed E-state index contributed by atoms with van der Waals surface area (Å²) in [5.74, 6) is -0.536. The summed E-state index contributed by atoms with van der Waals surface area (Å²) in [6.45, 7) is 4.61. The minimum absolute atomic E-state index is 0.00495. The van der Waals surface area contributed by atoms with Crippen LogP contribution in [0, 0.1) is 5.41 Å². The summed E-state index contributed by atoms with van der Waals surface area (Å²) >= 11 is 0. The van der Waals surface area contributed by atoms with Gasteiger partial charge in [-0.05, 0) is 32.8 Å². The van der Waals surface area contributed by atoms with Crippen molar-refractivity contribution in [3.05, 3.63) is 18.5 Å². The fourth-order valence-electron chi connectivity index (χ4n) is 2.49. The Kier molecular flexibility index (Phi) is 4.95. The van der Waals surface area contributed by atoms with Crippen LogP contribution in [0.4, 0.5) is 5.95 Å². The number of amides is 1. The summed E-state index contributed by atoms with van der Waals surface area (Å²) in [6.07, 6.45) is 5.18. The first-order valence-electron chi connectivity index (χ1n) is 7.43. The third-order valence-electron chi connectivity index (χ3n) is 3.80. The smallest absolute Gasteiger partial charge is 0.309 e. The van der Waals surface area contributed by atoms with Gasteiger partial charge in [0.25, 0.3) is 0 Å². The van der Waals surface area contributed by atoms with Crippen molar-refractivity contribution >= 4 is 17.8 Å². The summed E-state index contributed by atoms with van der Waals surface area (Å²) in [6, 6.07) is 1.76. The highest BCUT2D eigenvalue weighted by Gasteiger charge is 2.31. The Bertz CT molecular complexity index is 533. The van der Waals surface area contributed by atoms with Crippen LogP contribution in [0.1, 0.15) is 33.1 Å². The van der Waals surface area contributed by atoms with Gasteiger partial charge in [0.05, 0.1) is 5.41 Å². The molecule has 1 aromatic rings. The molecule has 0 spiro atoms. The first-order chi connectivity index (χ1) is 10.4. The molecule has 2 N–H and O–H groups in total. The zero-order valence-corrected chi connectivity index (χ0v) is 13.0. The van der Waals surface area contributed by atoms with E-state index in [9.17, 15) is 9.59 Å². The summed E-state index contributed by atoms with van der Waals surface area (Å²) in [5.41, 5.74) is -1.05. The Morgan fingerprint density at radius 2 is 2.09 bits per heavy atom. The lowest BCUT2D eigenvalue weighted by atomic mass is 9.89. The molecule has 22 heavy (non-hydrogen) atoms. The lowest BCUT2D eigenvalue weighted by Crippen LogP contribution is -2.49. The first-order valence-corrected chi connectivity index (χ1v) is 7.43. The highest BCUT2D eigenvalue weighted by Crippen LogP contribution is 2.21. The van der Waals surface area contributed by atoms with Gasteiger partial charge >= 0.3 is 5.97 Å². The molecule has 1 fully saturated rings. The van der Waals surface area contributed by atoms with E-state index >= 15 is 0 Å². The Balaban J connectivity index is 1.90. The molecule has 120 valence electrons. The Hall–Kier alpha value is -2.18. The van der Waals surface area contributed by atoms with E-state index in [1.54, 1.807) is 32.3 Å². The monoisotopic (exact) mass is 306 g/mol. The topological polar surface area (TPSA) is 95.4 Å². The van der Waals surface area contributed by atoms with Crippen LogP contribution in [0.2, 0.25) is 0 Å². The Labute approximate surface area is 129 Å². The predicted molar refractivity (Wildman–Crippen MR) is 81.4 cm³/mol. The van der Waals surface area contributed by atoms with Crippen LogP contribution >= 0.6 is 0 Å². The van der Waals surface area contributed by atoms with Gasteiger partial charge in [-0.3, -0.25) is 9.59 Å². The van der Waals surface area contributed by atoms with Crippen molar-refractivity contribution in [2.45, 2.75) is 39.2 Å². The normalized spacial score (nSPS) is 18.8. The van der Waals surface area contributed by atoms with Crippen LogP contribution in [0.3, 0.4) is 0 Å². The lowest BCUT2D eigenvalue weighted by molar-refractivity contribution is -0.149. The molecule has 1 aliphatic rings. The zero-order valence-electron chi connectivity index (χ0n) is 13.0. The number of carbonyl (C=O) groups excluding carboxylic acids is 1. The van der Waals surface area contributed by atoms with Gasteiger partial charge in [-0.25, -0.2) is 9.97 Å². The molecule has 2 rings (SSSR count). The van der Waals surface area contributed by atoms with E-state index in [2.05, 4.69) is 15.3 Å². The van der Waals surface area contributed by atoms with Gasteiger partial charge in [0.15, 0.2) is 0 Å². The third-order valence-corrected chi connectivity index (χ3v) is 3.80. The number of hydrogen-bond donors (Lipinski definition) is 2. The molecular formula is C15H22N4O3. The van der Waals surface area contributed by atoms with Crippen LogP contribution in [0.15, 0.2) is 18.5 Å². The van der Waals surface area contributed by atoms with Crippen LogP contribution < -0.4 is 10.2 Å². The van der Waals surface area contributed by atoms with Crippen molar-refractivity contribution < 1.29 is 14.7 Å². The molecule has 1 atom stereocenters. The van der Waals surface area contributed by atoms with Gasteiger partial charge in [-0.2, -0.15) is 0 Å². The van der Waals surface area contributed by atoms with Crippen molar-refractivity contribution in [2.24, 2.45) is 5.41 Å². The SMILES string of the molecule is CC(C)(CC(=O)NC1CCCN(c2ncccn2)C1)C(=O)O. The molecule has 2 heterocycles. The van der Waals surface area contributed by atoms with Gasteiger partial charge in [-0.1, -0.05) is 0 Å². The summed E-state index contributed by atoms with van der Waals surface area (Å²) < 4.78 is 0. The molecule has 0 bridgehead atoms. The molecule has 0 aliphatic carbocycles. The molecular weight excluding hydrogens is 284 g/mol. The number of hydrogen-bond acceptors (Lipinski definition) is 5. The minimum Gasteiger partial charge on any atom is -0.481 e. The number of nitrogens with one attached hydrogen (secondary N) is 1. The van der Waals surface area contributed by atoms with Crippen molar-refractivity contribution in [1.29, 1.82) is 0 Å². The number of carbonyl (C=O) groups is 2. The average molecular weight is 306 g/mol. The van der Waals surface area contributed by atoms with E-state index < -0.39 is 11.4 Å². The molecule has 0 aromatic carbocycles. The fourth-order valence-corrected chi connectivity index (χ4v) is 2.49. The number of aromatic nitrogens is 2. The zero-order chi connectivity index (χ0) is 16.2. The highest BCUT2D eigenvalue weighted by atomic mass is 16.4. The second-order valence-electron chi connectivity index (χ2n) is 6.27. The quantitative estimate of drug-likeness (QED) is 0.844. The number of piperidine rings is 1. The molecule has 1 saturated heterocycles. The Morgan fingerprint density at radius 1 is 1.41 bits per heavy atom. The van der Waals surface area contributed by atoms with E-state index in [4.69, 9.17) is 5.11 Å². The van der Waals surface area contributed by atoms with Gasteiger partial charge in [0, 0.05) is 37.9 Å². The molecule has 1 amide bonds. The molecule has 0 saturated carbocycles. The van der Waals surface area contributed by atoms with Gasteiger partial charge in [0.2, 0.25) is 11.9 Å². The maximum Gasteiger partial charge on any atom is 0.309 e. The maximum atomic E-state index is 12.1. The summed E-state index contributed by atoms with van der Waals surface area (Å²) in [5, 5.41) is 12.0. The predicted octanol–water partition coefficient (Wildman–Crippen LogP) is 1.06. The number of rotatable bonds is 5. The molecule has 7 nitrogen and oxygen atoms in total. The fraction of sp³-hybridized carbons (Fsp3) is 0.600. The number of carboxylic acid groups (broad SMARTS) is 1. The molecule has 1 aliphatic heterocycles. The van der Waals surface area contributed by atoms with E-state index in [0.717, 1.165) is 19.4 Å². The molecule has 1 unspecified atom stereocenters. The number of nitrogens with zero attached hydrogens (tertiary/aromatic N) is 3.